The normalized spacial score (nSPS) is 10.7. The zero-order chi connectivity index (χ0) is 17.6. The molecule has 1 aromatic heterocycles. The predicted octanol–water partition coefficient (Wildman–Crippen LogP) is 4.92. The smallest absolute Gasteiger partial charge is 0.170 e. The van der Waals surface area contributed by atoms with Crippen molar-refractivity contribution < 1.29 is 0 Å². The highest BCUT2D eigenvalue weighted by Crippen LogP contribution is 2.22. The second kappa shape index (κ2) is 7.94. The molecule has 0 aliphatic heterocycles. The van der Waals surface area contributed by atoms with E-state index in [-0.39, 0.29) is 0 Å². The molecule has 0 radical (unpaired) electrons. The summed E-state index contributed by atoms with van der Waals surface area (Å²) in [5.74, 6) is 1.34. The van der Waals surface area contributed by atoms with Crippen molar-refractivity contribution in [2.75, 3.05) is 17.2 Å². The molecule has 0 amide bonds. The van der Waals surface area contributed by atoms with Crippen molar-refractivity contribution in [3.63, 3.8) is 0 Å². The number of hydrogen-bond donors (Lipinski definition) is 3. The standard InChI is InChI=1S/C20H22N4S/c1-14(2)12-22-20(25)24-18-9-10-19(21-13-18)23-17-8-7-15-5-3-4-6-16(15)11-17/h3-11,13-14H,12H2,1-2H3,(H,21,23)(H2,22,24,25). The lowest BCUT2D eigenvalue weighted by atomic mass is 10.1. The van der Waals surface area contributed by atoms with Crippen molar-refractivity contribution in [1.82, 2.24) is 10.3 Å². The molecule has 0 aliphatic carbocycles. The van der Waals surface area contributed by atoms with Crippen molar-refractivity contribution >= 4 is 45.3 Å². The van der Waals surface area contributed by atoms with Crippen LogP contribution in [-0.2, 0) is 0 Å². The van der Waals surface area contributed by atoms with E-state index in [2.05, 4.69) is 65.1 Å². The van der Waals surface area contributed by atoms with Crippen LogP contribution in [0.25, 0.3) is 10.8 Å². The molecule has 5 heteroatoms. The maximum absolute atomic E-state index is 5.27. The lowest BCUT2D eigenvalue weighted by molar-refractivity contribution is 0.627. The van der Waals surface area contributed by atoms with Crippen molar-refractivity contribution in [1.29, 1.82) is 0 Å². The summed E-state index contributed by atoms with van der Waals surface area (Å²) in [7, 11) is 0. The fourth-order valence-electron chi connectivity index (χ4n) is 2.43. The van der Waals surface area contributed by atoms with Gasteiger partial charge in [0.1, 0.15) is 5.82 Å². The average molecular weight is 350 g/mol. The topological polar surface area (TPSA) is 49.0 Å². The molecule has 3 aromatic rings. The van der Waals surface area contributed by atoms with Gasteiger partial charge in [-0.2, -0.15) is 0 Å². The van der Waals surface area contributed by atoms with Gasteiger partial charge in [-0.3, -0.25) is 0 Å². The summed E-state index contributed by atoms with van der Waals surface area (Å²) >= 11 is 5.27. The number of anilines is 3. The largest absolute Gasteiger partial charge is 0.362 e. The first kappa shape index (κ1) is 17.2. The number of fused-ring (bicyclic) bond motifs is 1. The van der Waals surface area contributed by atoms with Gasteiger partial charge in [0.05, 0.1) is 11.9 Å². The average Bonchev–Trinajstić information content (AvgIpc) is 2.61. The van der Waals surface area contributed by atoms with Crippen LogP contribution in [-0.4, -0.2) is 16.6 Å². The molecular weight excluding hydrogens is 328 g/mol. The predicted molar refractivity (Wildman–Crippen MR) is 111 cm³/mol. The Balaban J connectivity index is 1.62. The Bertz CT molecular complexity index is 859. The lowest BCUT2D eigenvalue weighted by Gasteiger charge is -2.12. The number of aromatic nitrogens is 1. The third-order valence-electron chi connectivity index (χ3n) is 3.71. The van der Waals surface area contributed by atoms with E-state index in [1.54, 1.807) is 6.20 Å². The molecular formula is C20H22N4S. The van der Waals surface area contributed by atoms with E-state index in [0.29, 0.717) is 11.0 Å². The van der Waals surface area contributed by atoms with Crippen LogP contribution in [0.1, 0.15) is 13.8 Å². The van der Waals surface area contributed by atoms with Gasteiger partial charge in [-0.15, -0.1) is 0 Å². The van der Waals surface area contributed by atoms with Gasteiger partial charge in [-0.25, -0.2) is 4.98 Å². The third kappa shape index (κ3) is 4.90. The molecule has 0 saturated heterocycles. The van der Waals surface area contributed by atoms with Gasteiger partial charge in [0.15, 0.2) is 5.11 Å². The molecule has 25 heavy (non-hydrogen) atoms. The zero-order valence-corrected chi connectivity index (χ0v) is 15.2. The Labute approximate surface area is 153 Å². The van der Waals surface area contributed by atoms with Crippen molar-refractivity contribution in [3.8, 4) is 0 Å². The number of thiocarbonyl (C=S) groups is 1. The first-order valence-corrected chi connectivity index (χ1v) is 8.78. The van der Waals surface area contributed by atoms with Gasteiger partial charge >= 0.3 is 0 Å². The molecule has 0 aliphatic rings. The Morgan fingerprint density at radius 1 is 1.00 bits per heavy atom. The Kier molecular flexibility index (Phi) is 5.46. The number of benzene rings is 2. The minimum absolute atomic E-state index is 0.548. The Morgan fingerprint density at radius 2 is 1.76 bits per heavy atom. The van der Waals surface area contributed by atoms with E-state index in [0.717, 1.165) is 23.7 Å². The van der Waals surface area contributed by atoms with Crippen LogP contribution in [0.4, 0.5) is 17.2 Å². The third-order valence-corrected chi connectivity index (χ3v) is 3.96. The van der Waals surface area contributed by atoms with Crippen LogP contribution >= 0.6 is 12.2 Å². The van der Waals surface area contributed by atoms with Gasteiger partial charge < -0.3 is 16.0 Å². The van der Waals surface area contributed by atoms with Gasteiger partial charge in [0, 0.05) is 12.2 Å². The molecule has 0 saturated carbocycles. The first-order valence-electron chi connectivity index (χ1n) is 8.37. The molecule has 128 valence electrons. The molecule has 3 N–H and O–H groups in total. The minimum Gasteiger partial charge on any atom is -0.362 e. The van der Waals surface area contributed by atoms with E-state index in [4.69, 9.17) is 12.2 Å². The second-order valence-corrected chi connectivity index (χ2v) is 6.76. The van der Waals surface area contributed by atoms with E-state index in [9.17, 15) is 0 Å². The number of hydrogen-bond acceptors (Lipinski definition) is 3. The molecule has 1 heterocycles. The van der Waals surface area contributed by atoms with Crippen LogP contribution < -0.4 is 16.0 Å². The number of rotatable bonds is 5. The van der Waals surface area contributed by atoms with Crippen LogP contribution in [0, 0.1) is 5.92 Å². The monoisotopic (exact) mass is 350 g/mol. The maximum Gasteiger partial charge on any atom is 0.170 e. The summed E-state index contributed by atoms with van der Waals surface area (Å²) in [5.41, 5.74) is 1.88. The molecule has 4 nitrogen and oxygen atoms in total. The fraction of sp³-hybridized carbons (Fsp3) is 0.200. The molecule has 0 bridgehead atoms. The van der Waals surface area contributed by atoms with E-state index < -0.39 is 0 Å². The highest BCUT2D eigenvalue weighted by molar-refractivity contribution is 7.80. The molecule has 0 spiro atoms. The minimum atomic E-state index is 0.548. The van der Waals surface area contributed by atoms with Crippen LogP contribution in [0.15, 0.2) is 60.8 Å². The van der Waals surface area contributed by atoms with Crippen LogP contribution in [0.3, 0.4) is 0 Å². The van der Waals surface area contributed by atoms with E-state index >= 15 is 0 Å². The van der Waals surface area contributed by atoms with Crippen LogP contribution in [0.5, 0.6) is 0 Å². The van der Waals surface area contributed by atoms with Gasteiger partial charge in [0.25, 0.3) is 0 Å². The number of nitrogens with zero attached hydrogens (tertiary/aromatic N) is 1. The quantitative estimate of drug-likeness (QED) is 0.570. The number of nitrogens with one attached hydrogen (secondary N) is 3. The zero-order valence-electron chi connectivity index (χ0n) is 14.4. The van der Waals surface area contributed by atoms with E-state index in [1.165, 1.54) is 10.8 Å². The van der Waals surface area contributed by atoms with E-state index in [1.807, 2.05) is 24.3 Å². The second-order valence-electron chi connectivity index (χ2n) is 6.35. The highest BCUT2D eigenvalue weighted by Gasteiger charge is 2.01. The SMILES string of the molecule is CC(C)CNC(=S)Nc1ccc(Nc2ccc3ccccc3c2)nc1. The summed E-state index contributed by atoms with van der Waals surface area (Å²) in [4.78, 5) is 4.44. The first-order chi connectivity index (χ1) is 12.1. The summed E-state index contributed by atoms with van der Waals surface area (Å²) in [6.45, 7) is 5.13. The fourth-order valence-corrected chi connectivity index (χ4v) is 2.63. The van der Waals surface area contributed by atoms with Gasteiger partial charge in [0.2, 0.25) is 0 Å². The molecule has 0 fully saturated rings. The summed E-state index contributed by atoms with van der Waals surface area (Å²) in [6.07, 6.45) is 1.77. The molecule has 3 rings (SSSR count). The summed E-state index contributed by atoms with van der Waals surface area (Å²) < 4.78 is 0. The summed E-state index contributed by atoms with van der Waals surface area (Å²) in [6, 6.07) is 18.5. The van der Waals surface area contributed by atoms with Crippen molar-refractivity contribution in [2.45, 2.75) is 13.8 Å². The maximum atomic E-state index is 5.27. The lowest BCUT2D eigenvalue weighted by Crippen LogP contribution is -2.31. The Hall–Kier alpha value is -2.66. The molecule has 2 aromatic carbocycles. The van der Waals surface area contributed by atoms with Crippen molar-refractivity contribution in [3.05, 3.63) is 60.8 Å². The van der Waals surface area contributed by atoms with Crippen molar-refractivity contribution in [2.24, 2.45) is 5.92 Å². The van der Waals surface area contributed by atoms with Gasteiger partial charge in [-0.1, -0.05) is 44.2 Å². The highest BCUT2D eigenvalue weighted by atomic mass is 32.1. The molecule has 0 atom stereocenters. The Morgan fingerprint density at radius 3 is 2.48 bits per heavy atom. The summed E-state index contributed by atoms with van der Waals surface area (Å²) in [5, 5.41) is 12.7. The van der Waals surface area contributed by atoms with Crippen LogP contribution in [0.2, 0.25) is 0 Å². The molecule has 0 unspecified atom stereocenters. The van der Waals surface area contributed by atoms with Gasteiger partial charge in [-0.05, 0) is 53.2 Å². The number of pyridine rings is 1.